The van der Waals surface area contributed by atoms with Gasteiger partial charge in [0.25, 0.3) is 0 Å². The molecule has 0 aromatic heterocycles. The Balaban J connectivity index is 2.77. The standard InChI is InChI=1S/C10H19NO5/c1-5-8(11-6(2)13)10(15-3)16-7(4-12)9(5)14/h5,7-10,12,14H,4H2,1-3H3,(H,11,13)/t5-,7-,8?,9-,10-/m1/s1. The predicted octanol–water partition coefficient (Wildman–Crippen LogP) is -1.15. The summed E-state index contributed by atoms with van der Waals surface area (Å²) in [5.41, 5.74) is 0. The van der Waals surface area contributed by atoms with Crippen LogP contribution in [0.1, 0.15) is 13.8 Å². The molecule has 1 saturated heterocycles. The van der Waals surface area contributed by atoms with Gasteiger partial charge in [0, 0.05) is 20.0 Å². The number of methoxy groups -OCH3 is 1. The second-order valence-electron chi connectivity index (χ2n) is 4.04. The van der Waals surface area contributed by atoms with Crippen molar-refractivity contribution < 1.29 is 24.5 Å². The SMILES string of the molecule is CO[C@@H]1O[C@H](CO)[C@H](O)[C@H](C)C1NC(C)=O. The minimum atomic E-state index is -0.826. The number of carbonyl (C=O) groups is 1. The fourth-order valence-corrected chi connectivity index (χ4v) is 1.92. The van der Waals surface area contributed by atoms with Crippen LogP contribution in [-0.2, 0) is 14.3 Å². The molecule has 16 heavy (non-hydrogen) atoms. The van der Waals surface area contributed by atoms with Gasteiger partial charge in [0.2, 0.25) is 5.91 Å². The van der Waals surface area contributed by atoms with Crippen LogP contribution in [0.5, 0.6) is 0 Å². The van der Waals surface area contributed by atoms with Crippen LogP contribution in [0.3, 0.4) is 0 Å². The molecule has 0 bridgehead atoms. The van der Waals surface area contributed by atoms with Crippen molar-refractivity contribution in [3.8, 4) is 0 Å². The van der Waals surface area contributed by atoms with Crippen LogP contribution in [0.4, 0.5) is 0 Å². The number of nitrogens with one attached hydrogen (secondary N) is 1. The maximum absolute atomic E-state index is 11.0. The smallest absolute Gasteiger partial charge is 0.217 e. The molecule has 0 aliphatic carbocycles. The lowest BCUT2D eigenvalue weighted by Crippen LogP contribution is -2.60. The highest BCUT2D eigenvalue weighted by molar-refractivity contribution is 5.73. The van der Waals surface area contributed by atoms with E-state index in [1.807, 2.05) is 0 Å². The highest BCUT2D eigenvalue weighted by Gasteiger charge is 2.43. The van der Waals surface area contributed by atoms with Crippen molar-refractivity contribution in [2.45, 2.75) is 38.4 Å². The summed E-state index contributed by atoms with van der Waals surface area (Å²) in [5.74, 6) is -0.461. The normalized spacial score (nSPS) is 39.4. The Morgan fingerprint density at radius 1 is 1.56 bits per heavy atom. The number of ether oxygens (including phenoxy) is 2. The van der Waals surface area contributed by atoms with Gasteiger partial charge in [0.1, 0.15) is 6.10 Å². The van der Waals surface area contributed by atoms with E-state index in [2.05, 4.69) is 5.32 Å². The van der Waals surface area contributed by atoms with Gasteiger partial charge in [-0.25, -0.2) is 0 Å². The minimum Gasteiger partial charge on any atom is -0.394 e. The quantitative estimate of drug-likeness (QED) is 0.573. The number of amides is 1. The maximum atomic E-state index is 11.0. The largest absolute Gasteiger partial charge is 0.394 e. The molecule has 1 amide bonds. The molecule has 0 radical (unpaired) electrons. The van der Waals surface area contributed by atoms with Gasteiger partial charge in [-0.15, -0.1) is 0 Å². The molecule has 6 heteroatoms. The van der Waals surface area contributed by atoms with E-state index >= 15 is 0 Å². The fraction of sp³-hybridized carbons (Fsp3) is 0.900. The van der Waals surface area contributed by atoms with Gasteiger partial charge < -0.3 is 25.0 Å². The number of hydrogen-bond acceptors (Lipinski definition) is 5. The maximum Gasteiger partial charge on any atom is 0.217 e. The van der Waals surface area contributed by atoms with Gasteiger partial charge in [-0.3, -0.25) is 4.79 Å². The third kappa shape index (κ3) is 2.70. The topological polar surface area (TPSA) is 88.0 Å². The molecule has 3 N–H and O–H groups in total. The molecule has 1 aliphatic heterocycles. The summed E-state index contributed by atoms with van der Waals surface area (Å²) in [7, 11) is 1.46. The zero-order chi connectivity index (χ0) is 12.3. The number of hydrogen-bond donors (Lipinski definition) is 3. The average molecular weight is 233 g/mol. The van der Waals surface area contributed by atoms with E-state index in [0.29, 0.717) is 0 Å². The monoisotopic (exact) mass is 233 g/mol. The Bertz CT molecular complexity index is 245. The molecule has 5 atom stereocenters. The predicted molar refractivity (Wildman–Crippen MR) is 55.5 cm³/mol. The Morgan fingerprint density at radius 2 is 2.19 bits per heavy atom. The van der Waals surface area contributed by atoms with Crippen LogP contribution in [0.25, 0.3) is 0 Å². The van der Waals surface area contributed by atoms with E-state index < -0.39 is 24.5 Å². The first-order chi connectivity index (χ1) is 7.51. The lowest BCUT2D eigenvalue weighted by molar-refractivity contribution is -0.248. The van der Waals surface area contributed by atoms with Crippen LogP contribution >= 0.6 is 0 Å². The van der Waals surface area contributed by atoms with E-state index in [1.165, 1.54) is 14.0 Å². The number of rotatable bonds is 3. The number of aliphatic hydroxyl groups excluding tert-OH is 2. The summed E-state index contributed by atoms with van der Waals surface area (Å²) < 4.78 is 10.4. The third-order valence-corrected chi connectivity index (χ3v) is 2.87. The highest BCUT2D eigenvalue weighted by Crippen LogP contribution is 2.26. The first-order valence-corrected chi connectivity index (χ1v) is 5.25. The molecule has 1 fully saturated rings. The second-order valence-corrected chi connectivity index (χ2v) is 4.04. The van der Waals surface area contributed by atoms with Gasteiger partial charge in [-0.2, -0.15) is 0 Å². The van der Waals surface area contributed by atoms with Crippen molar-refractivity contribution in [2.75, 3.05) is 13.7 Å². The summed E-state index contributed by atoms with van der Waals surface area (Å²) in [6.45, 7) is 2.89. The highest BCUT2D eigenvalue weighted by atomic mass is 16.7. The van der Waals surface area contributed by atoms with Crippen LogP contribution < -0.4 is 5.32 Å². The molecule has 94 valence electrons. The minimum absolute atomic E-state index is 0.211. The Kier molecular flexibility index (Phi) is 4.67. The van der Waals surface area contributed by atoms with Gasteiger partial charge in [0.05, 0.1) is 18.8 Å². The zero-order valence-corrected chi connectivity index (χ0v) is 9.71. The number of carbonyl (C=O) groups excluding carboxylic acids is 1. The molecular formula is C10H19NO5. The van der Waals surface area contributed by atoms with Gasteiger partial charge in [0.15, 0.2) is 6.29 Å². The van der Waals surface area contributed by atoms with Crippen LogP contribution in [0.2, 0.25) is 0 Å². The molecule has 0 aromatic carbocycles. The summed E-state index contributed by atoms with van der Waals surface area (Å²) in [6.07, 6.45) is -2.15. The molecule has 1 heterocycles. The lowest BCUT2D eigenvalue weighted by atomic mass is 9.89. The molecule has 0 aromatic rings. The summed E-state index contributed by atoms with van der Waals surface area (Å²) in [6, 6.07) is -0.416. The van der Waals surface area contributed by atoms with E-state index in [-0.39, 0.29) is 18.4 Å². The Hall–Kier alpha value is -0.690. The first-order valence-electron chi connectivity index (χ1n) is 5.25. The average Bonchev–Trinajstić information content (AvgIpc) is 2.25. The van der Waals surface area contributed by atoms with E-state index in [9.17, 15) is 9.90 Å². The Morgan fingerprint density at radius 3 is 2.62 bits per heavy atom. The van der Waals surface area contributed by atoms with Crippen molar-refractivity contribution in [2.24, 2.45) is 5.92 Å². The second kappa shape index (κ2) is 5.58. The van der Waals surface area contributed by atoms with Crippen molar-refractivity contribution in [3.05, 3.63) is 0 Å². The lowest BCUT2D eigenvalue weighted by Gasteiger charge is -2.42. The van der Waals surface area contributed by atoms with Gasteiger partial charge in [-0.1, -0.05) is 6.92 Å². The molecule has 1 aliphatic rings. The number of aliphatic hydroxyl groups is 2. The molecule has 1 unspecified atom stereocenters. The zero-order valence-electron chi connectivity index (χ0n) is 9.71. The van der Waals surface area contributed by atoms with Crippen LogP contribution in [0, 0.1) is 5.92 Å². The summed E-state index contributed by atoms with van der Waals surface area (Å²) >= 11 is 0. The first kappa shape index (κ1) is 13.4. The van der Waals surface area contributed by atoms with Crippen molar-refractivity contribution in [1.82, 2.24) is 5.32 Å². The summed E-state index contributed by atoms with van der Waals surface area (Å²) in [5, 5.41) is 21.6. The summed E-state index contributed by atoms with van der Waals surface area (Å²) in [4.78, 5) is 11.0. The molecule has 1 rings (SSSR count). The molecule has 0 saturated carbocycles. The Labute approximate surface area is 94.5 Å². The van der Waals surface area contributed by atoms with Crippen LogP contribution in [0.15, 0.2) is 0 Å². The fourth-order valence-electron chi connectivity index (χ4n) is 1.92. The molecule has 6 nitrogen and oxygen atoms in total. The van der Waals surface area contributed by atoms with Crippen molar-refractivity contribution in [1.29, 1.82) is 0 Å². The van der Waals surface area contributed by atoms with E-state index in [0.717, 1.165) is 0 Å². The van der Waals surface area contributed by atoms with Crippen molar-refractivity contribution >= 4 is 5.91 Å². The van der Waals surface area contributed by atoms with E-state index in [4.69, 9.17) is 14.6 Å². The van der Waals surface area contributed by atoms with E-state index in [1.54, 1.807) is 6.92 Å². The molecule has 0 spiro atoms. The van der Waals surface area contributed by atoms with Gasteiger partial charge in [-0.05, 0) is 0 Å². The van der Waals surface area contributed by atoms with Crippen molar-refractivity contribution in [3.63, 3.8) is 0 Å². The third-order valence-electron chi connectivity index (χ3n) is 2.87. The van der Waals surface area contributed by atoms with Crippen LogP contribution in [-0.4, -0.2) is 54.4 Å². The van der Waals surface area contributed by atoms with Gasteiger partial charge >= 0.3 is 0 Å². The molecular weight excluding hydrogens is 214 g/mol.